The van der Waals surface area contributed by atoms with Gasteiger partial charge >= 0.3 is 0 Å². The third-order valence-electron chi connectivity index (χ3n) is 5.75. The lowest BCUT2D eigenvalue weighted by Gasteiger charge is -2.34. The summed E-state index contributed by atoms with van der Waals surface area (Å²) in [5.41, 5.74) is 1.59. The minimum absolute atomic E-state index is 0.0361. The van der Waals surface area contributed by atoms with Crippen LogP contribution in [0.25, 0.3) is 10.4 Å². The predicted octanol–water partition coefficient (Wildman–Crippen LogP) is 5.05. The number of hydrogen-bond acceptors (Lipinski definition) is 6. The maximum atomic E-state index is 13.1. The fourth-order valence-electron chi connectivity index (χ4n) is 3.99. The van der Waals surface area contributed by atoms with Crippen LogP contribution >= 0.6 is 22.9 Å². The molecule has 3 aromatic rings. The van der Waals surface area contributed by atoms with Crippen LogP contribution in [0.5, 0.6) is 17.2 Å². The number of hydrogen-bond donors (Lipinski definition) is 0. The first-order valence-electron chi connectivity index (χ1n) is 10.7. The molecular weight excluding hydrogens is 460 g/mol. The molecule has 1 aromatic heterocycles. The van der Waals surface area contributed by atoms with Crippen molar-refractivity contribution in [2.24, 2.45) is 0 Å². The molecule has 0 N–H and O–H groups in total. The summed E-state index contributed by atoms with van der Waals surface area (Å²) in [5, 5.41) is 0.768. The molecule has 1 fully saturated rings. The number of piperazine rings is 1. The first-order valence-corrected chi connectivity index (χ1v) is 11.9. The zero-order valence-corrected chi connectivity index (χ0v) is 20.5. The molecule has 0 spiro atoms. The van der Waals surface area contributed by atoms with Gasteiger partial charge in [-0.3, -0.25) is 9.69 Å². The van der Waals surface area contributed by atoms with Gasteiger partial charge in [0.1, 0.15) is 0 Å². The lowest BCUT2D eigenvalue weighted by molar-refractivity contribution is 0.0629. The molecule has 174 valence electrons. The van der Waals surface area contributed by atoms with E-state index in [4.69, 9.17) is 25.8 Å². The molecule has 1 aliphatic heterocycles. The van der Waals surface area contributed by atoms with Crippen molar-refractivity contribution in [3.05, 3.63) is 64.0 Å². The van der Waals surface area contributed by atoms with Crippen LogP contribution < -0.4 is 14.2 Å². The Morgan fingerprint density at radius 2 is 1.61 bits per heavy atom. The number of nitrogens with zero attached hydrogens (tertiary/aromatic N) is 2. The van der Waals surface area contributed by atoms with E-state index in [0.29, 0.717) is 35.9 Å². The van der Waals surface area contributed by atoms with E-state index in [-0.39, 0.29) is 5.91 Å². The van der Waals surface area contributed by atoms with Crippen LogP contribution in [-0.4, -0.2) is 63.2 Å². The van der Waals surface area contributed by atoms with E-state index in [9.17, 15) is 4.79 Å². The highest BCUT2D eigenvalue weighted by Gasteiger charge is 2.25. The average molecular weight is 487 g/mol. The SMILES string of the molecule is COc1cc(C(=O)N2CCN(Cc3ccc(-c4ccccc4Cl)s3)CC2)cc(OC)c1OC. The number of ether oxygens (including phenoxy) is 3. The molecule has 8 heteroatoms. The fraction of sp³-hybridized carbons (Fsp3) is 0.320. The third kappa shape index (κ3) is 5.11. The fourth-order valence-corrected chi connectivity index (χ4v) is 5.37. The molecule has 0 aliphatic carbocycles. The summed E-state index contributed by atoms with van der Waals surface area (Å²) in [6, 6.07) is 15.6. The van der Waals surface area contributed by atoms with E-state index in [0.717, 1.165) is 30.2 Å². The van der Waals surface area contributed by atoms with E-state index >= 15 is 0 Å². The molecule has 0 radical (unpaired) electrons. The van der Waals surface area contributed by atoms with E-state index in [2.05, 4.69) is 17.0 Å². The van der Waals surface area contributed by atoms with Crippen molar-refractivity contribution >= 4 is 28.8 Å². The van der Waals surface area contributed by atoms with Crippen LogP contribution in [0, 0.1) is 0 Å². The summed E-state index contributed by atoms with van der Waals surface area (Å²) in [7, 11) is 4.64. The molecule has 0 bridgehead atoms. The highest BCUT2D eigenvalue weighted by atomic mass is 35.5. The van der Waals surface area contributed by atoms with Gasteiger partial charge in [-0.2, -0.15) is 0 Å². The molecule has 2 aromatic carbocycles. The number of methoxy groups -OCH3 is 3. The second-order valence-electron chi connectivity index (χ2n) is 7.73. The summed E-state index contributed by atoms with van der Waals surface area (Å²) >= 11 is 8.11. The van der Waals surface area contributed by atoms with Crippen molar-refractivity contribution in [3.63, 3.8) is 0 Å². The van der Waals surface area contributed by atoms with E-state index < -0.39 is 0 Å². The topological polar surface area (TPSA) is 51.2 Å². The van der Waals surface area contributed by atoms with Gasteiger partial charge < -0.3 is 19.1 Å². The van der Waals surface area contributed by atoms with Crippen molar-refractivity contribution in [3.8, 4) is 27.7 Å². The predicted molar refractivity (Wildman–Crippen MR) is 132 cm³/mol. The number of thiophene rings is 1. The summed E-state index contributed by atoms with van der Waals surface area (Å²) in [6.07, 6.45) is 0. The van der Waals surface area contributed by atoms with Crippen LogP contribution in [0.15, 0.2) is 48.5 Å². The molecule has 1 saturated heterocycles. The molecule has 2 heterocycles. The molecule has 0 saturated carbocycles. The lowest BCUT2D eigenvalue weighted by Crippen LogP contribution is -2.48. The zero-order chi connectivity index (χ0) is 23.4. The van der Waals surface area contributed by atoms with Gasteiger partial charge in [0.2, 0.25) is 5.75 Å². The summed E-state index contributed by atoms with van der Waals surface area (Å²) in [4.78, 5) is 19.8. The van der Waals surface area contributed by atoms with Gasteiger partial charge in [-0.1, -0.05) is 29.8 Å². The van der Waals surface area contributed by atoms with Crippen molar-refractivity contribution in [2.45, 2.75) is 6.54 Å². The summed E-state index contributed by atoms with van der Waals surface area (Å²) in [5.74, 6) is 1.40. The highest BCUT2D eigenvalue weighted by molar-refractivity contribution is 7.15. The van der Waals surface area contributed by atoms with Crippen molar-refractivity contribution < 1.29 is 19.0 Å². The van der Waals surface area contributed by atoms with Crippen LogP contribution in [0.2, 0.25) is 5.02 Å². The Kier molecular flexibility index (Phi) is 7.42. The number of benzene rings is 2. The minimum atomic E-state index is -0.0361. The average Bonchev–Trinajstić information content (AvgIpc) is 3.31. The summed E-state index contributed by atoms with van der Waals surface area (Å²) < 4.78 is 16.1. The number of halogens is 1. The maximum absolute atomic E-state index is 13.1. The number of carbonyl (C=O) groups is 1. The van der Waals surface area contributed by atoms with Crippen LogP contribution in [-0.2, 0) is 6.54 Å². The smallest absolute Gasteiger partial charge is 0.254 e. The quantitative estimate of drug-likeness (QED) is 0.467. The monoisotopic (exact) mass is 486 g/mol. The molecule has 4 rings (SSSR count). The number of carbonyl (C=O) groups excluding carboxylic acids is 1. The second kappa shape index (κ2) is 10.5. The molecule has 33 heavy (non-hydrogen) atoms. The minimum Gasteiger partial charge on any atom is -0.493 e. The zero-order valence-electron chi connectivity index (χ0n) is 19.0. The third-order valence-corrected chi connectivity index (χ3v) is 7.18. The van der Waals surface area contributed by atoms with Gasteiger partial charge in [-0.05, 0) is 30.3 Å². The van der Waals surface area contributed by atoms with E-state index in [1.54, 1.807) is 44.8 Å². The normalized spacial score (nSPS) is 14.2. The molecule has 1 aliphatic rings. The Bertz CT molecular complexity index is 1100. The Morgan fingerprint density at radius 3 is 2.21 bits per heavy atom. The molecule has 1 amide bonds. The van der Waals surface area contributed by atoms with Gasteiger partial charge in [0.15, 0.2) is 11.5 Å². The molecular formula is C25H27ClN2O4S. The van der Waals surface area contributed by atoms with Gasteiger partial charge in [0.05, 0.1) is 21.3 Å². The second-order valence-corrected chi connectivity index (χ2v) is 9.30. The first-order chi connectivity index (χ1) is 16.0. The van der Waals surface area contributed by atoms with Crippen molar-refractivity contribution in [1.82, 2.24) is 9.80 Å². The van der Waals surface area contributed by atoms with Crippen LogP contribution in [0.1, 0.15) is 15.2 Å². The number of rotatable bonds is 7. The van der Waals surface area contributed by atoms with Gasteiger partial charge in [-0.25, -0.2) is 0 Å². The maximum Gasteiger partial charge on any atom is 0.254 e. The standard InChI is InChI=1S/C25H27ClN2O4S/c1-30-21-14-17(15-22(31-2)24(21)32-3)25(29)28-12-10-27(11-13-28)16-18-8-9-23(33-18)19-6-4-5-7-20(19)26/h4-9,14-15H,10-13,16H2,1-3H3. The van der Waals surface area contributed by atoms with Gasteiger partial charge in [0, 0.05) is 58.6 Å². The lowest BCUT2D eigenvalue weighted by atomic mass is 10.1. The Hall–Kier alpha value is -2.74. The molecule has 6 nitrogen and oxygen atoms in total. The Morgan fingerprint density at radius 1 is 0.939 bits per heavy atom. The largest absolute Gasteiger partial charge is 0.493 e. The Balaban J connectivity index is 1.38. The van der Waals surface area contributed by atoms with Crippen LogP contribution in [0.3, 0.4) is 0 Å². The molecule has 0 atom stereocenters. The van der Waals surface area contributed by atoms with Gasteiger partial charge in [-0.15, -0.1) is 11.3 Å². The van der Waals surface area contributed by atoms with Crippen molar-refractivity contribution in [1.29, 1.82) is 0 Å². The first kappa shape index (κ1) is 23.4. The van der Waals surface area contributed by atoms with E-state index in [1.807, 2.05) is 29.2 Å². The summed E-state index contributed by atoms with van der Waals surface area (Å²) in [6.45, 7) is 3.82. The highest BCUT2D eigenvalue weighted by Crippen LogP contribution is 2.38. The Labute approximate surface area is 203 Å². The van der Waals surface area contributed by atoms with E-state index in [1.165, 1.54) is 9.75 Å². The van der Waals surface area contributed by atoms with Crippen LogP contribution in [0.4, 0.5) is 0 Å². The molecule has 0 unspecified atom stereocenters. The van der Waals surface area contributed by atoms with Gasteiger partial charge in [0.25, 0.3) is 5.91 Å². The number of amides is 1. The van der Waals surface area contributed by atoms with Crippen molar-refractivity contribution in [2.75, 3.05) is 47.5 Å².